The number of hydrogen-bond donors (Lipinski definition) is 2. The molecule has 34 heavy (non-hydrogen) atoms. The van der Waals surface area contributed by atoms with Gasteiger partial charge in [-0.2, -0.15) is 5.26 Å². The Morgan fingerprint density at radius 3 is 2.50 bits per heavy atom. The van der Waals surface area contributed by atoms with Gasteiger partial charge in [-0.25, -0.2) is 9.18 Å². The number of ether oxygens (including phenoxy) is 1. The van der Waals surface area contributed by atoms with Crippen LogP contribution in [0.2, 0.25) is 0 Å². The molecule has 0 atom stereocenters. The molecule has 1 aromatic heterocycles. The number of aromatic nitrogens is 1. The number of aromatic hydroxyl groups is 1. The second-order valence-electron chi connectivity index (χ2n) is 8.31. The van der Waals surface area contributed by atoms with Crippen LogP contribution in [-0.2, 0) is 4.74 Å². The molecule has 1 saturated heterocycles. The molecule has 3 aromatic carbocycles. The van der Waals surface area contributed by atoms with Crippen molar-refractivity contribution in [2.24, 2.45) is 0 Å². The molecule has 0 saturated carbocycles. The molecule has 0 unspecified atom stereocenters. The first-order valence-electron chi connectivity index (χ1n) is 11.0. The molecular formula is C27H21FN2O4. The zero-order valence-electron chi connectivity index (χ0n) is 18.2. The van der Waals surface area contributed by atoms with Gasteiger partial charge < -0.3 is 19.5 Å². The van der Waals surface area contributed by atoms with Crippen LogP contribution >= 0.6 is 0 Å². The lowest BCUT2D eigenvalue weighted by Gasteiger charge is -2.26. The summed E-state index contributed by atoms with van der Waals surface area (Å²) >= 11 is 0. The largest absolute Gasteiger partial charge is 0.506 e. The topological polar surface area (TPSA) is 95.5 Å². The second-order valence-corrected chi connectivity index (χ2v) is 8.31. The number of phenolic OH excluding ortho intramolecular Hbond substituents is 1. The molecule has 0 bridgehead atoms. The number of carboxylic acids is 1. The van der Waals surface area contributed by atoms with Gasteiger partial charge in [0.15, 0.2) is 0 Å². The van der Waals surface area contributed by atoms with Gasteiger partial charge in [-0.05, 0) is 60.9 Å². The van der Waals surface area contributed by atoms with Crippen molar-refractivity contribution in [1.29, 1.82) is 5.26 Å². The Bertz CT molecular complexity index is 1440. The van der Waals surface area contributed by atoms with E-state index < -0.39 is 11.8 Å². The minimum absolute atomic E-state index is 0.0534. The highest BCUT2D eigenvalue weighted by Gasteiger charge is 2.29. The van der Waals surface area contributed by atoms with E-state index in [1.807, 2.05) is 16.7 Å². The van der Waals surface area contributed by atoms with Crippen LogP contribution in [0.25, 0.3) is 27.7 Å². The monoisotopic (exact) mass is 456 g/mol. The highest BCUT2D eigenvalue weighted by molar-refractivity contribution is 6.02. The van der Waals surface area contributed by atoms with Crippen LogP contribution in [-0.4, -0.2) is 34.0 Å². The number of hydrogen-bond acceptors (Lipinski definition) is 4. The lowest BCUT2D eigenvalue weighted by Crippen LogP contribution is -2.17. The van der Waals surface area contributed by atoms with E-state index in [9.17, 15) is 24.7 Å². The van der Waals surface area contributed by atoms with E-state index in [0.29, 0.717) is 30.0 Å². The highest BCUT2D eigenvalue weighted by atomic mass is 19.1. The number of para-hydroxylation sites is 1. The van der Waals surface area contributed by atoms with E-state index in [-0.39, 0.29) is 22.8 Å². The fraction of sp³-hybridized carbons (Fsp3) is 0.185. The maximum atomic E-state index is 14.2. The number of fused-ring (bicyclic) bond motifs is 1. The number of halogens is 1. The molecule has 170 valence electrons. The van der Waals surface area contributed by atoms with Gasteiger partial charge in [0.05, 0.1) is 16.6 Å². The Labute approximate surface area is 195 Å². The Balaban J connectivity index is 1.87. The van der Waals surface area contributed by atoms with Crippen LogP contribution in [0, 0.1) is 17.1 Å². The average molecular weight is 456 g/mol. The summed E-state index contributed by atoms with van der Waals surface area (Å²) in [5.41, 5.74) is 3.79. The van der Waals surface area contributed by atoms with Crippen molar-refractivity contribution in [1.82, 2.24) is 4.57 Å². The Morgan fingerprint density at radius 1 is 1.09 bits per heavy atom. The third kappa shape index (κ3) is 3.58. The van der Waals surface area contributed by atoms with Crippen molar-refractivity contribution in [2.75, 3.05) is 13.2 Å². The quantitative estimate of drug-likeness (QED) is 0.416. The van der Waals surface area contributed by atoms with Crippen LogP contribution < -0.4 is 0 Å². The van der Waals surface area contributed by atoms with Crippen molar-refractivity contribution in [3.8, 4) is 28.6 Å². The average Bonchev–Trinajstić information content (AvgIpc) is 3.21. The number of carboxylic acid groups (broad SMARTS) is 1. The minimum Gasteiger partial charge on any atom is -0.506 e. The summed E-state index contributed by atoms with van der Waals surface area (Å²) in [6, 6.07) is 18.1. The van der Waals surface area contributed by atoms with Gasteiger partial charge in [0.2, 0.25) is 0 Å². The van der Waals surface area contributed by atoms with Gasteiger partial charge in [0, 0.05) is 41.5 Å². The number of aromatic carboxylic acids is 1. The van der Waals surface area contributed by atoms with E-state index in [4.69, 9.17) is 4.74 Å². The summed E-state index contributed by atoms with van der Waals surface area (Å²) in [4.78, 5) is 11.4. The first-order chi connectivity index (χ1) is 16.5. The molecule has 4 aromatic rings. The van der Waals surface area contributed by atoms with Crippen molar-refractivity contribution in [2.45, 2.75) is 18.8 Å². The Hall–Kier alpha value is -4.15. The van der Waals surface area contributed by atoms with Crippen LogP contribution in [0.3, 0.4) is 0 Å². The predicted octanol–water partition coefficient (Wildman–Crippen LogP) is 5.61. The van der Waals surface area contributed by atoms with Crippen LogP contribution in [0.1, 0.15) is 40.4 Å². The van der Waals surface area contributed by atoms with Gasteiger partial charge in [-0.3, -0.25) is 0 Å². The number of nitriles is 1. The zero-order chi connectivity index (χ0) is 23.8. The summed E-state index contributed by atoms with van der Waals surface area (Å²) < 4.78 is 21.7. The van der Waals surface area contributed by atoms with Gasteiger partial charge in [-0.15, -0.1) is 0 Å². The third-order valence-electron chi connectivity index (χ3n) is 6.36. The third-order valence-corrected chi connectivity index (χ3v) is 6.36. The van der Waals surface area contributed by atoms with Crippen molar-refractivity contribution >= 4 is 16.9 Å². The van der Waals surface area contributed by atoms with Gasteiger partial charge in [0.25, 0.3) is 0 Å². The maximum absolute atomic E-state index is 14.2. The predicted molar refractivity (Wildman–Crippen MR) is 125 cm³/mol. The zero-order valence-corrected chi connectivity index (χ0v) is 18.2. The highest BCUT2D eigenvalue weighted by Crippen LogP contribution is 2.46. The maximum Gasteiger partial charge on any atom is 0.335 e. The van der Waals surface area contributed by atoms with E-state index in [2.05, 4.69) is 0 Å². The van der Waals surface area contributed by atoms with E-state index >= 15 is 0 Å². The molecule has 0 aliphatic carbocycles. The molecule has 0 radical (unpaired) electrons. The number of carbonyl (C=O) groups is 1. The van der Waals surface area contributed by atoms with Gasteiger partial charge in [-0.1, -0.05) is 18.2 Å². The lowest BCUT2D eigenvalue weighted by atomic mass is 9.89. The normalized spacial score (nSPS) is 14.2. The van der Waals surface area contributed by atoms with Crippen LogP contribution in [0.5, 0.6) is 5.75 Å². The summed E-state index contributed by atoms with van der Waals surface area (Å²) in [5, 5.41) is 30.4. The fourth-order valence-electron chi connectivity index (χ4n) is 4.79. The molecule has 1 aliphatic heterocycles. The van der Waals surface area contributed by atoms with Crippen LogP contribution in [0.4, 0.5) is 4.39 Å². The number of phenols is 1. The molecule has 1 aliphatic rings. The molecule has 7 heteroatoms. The Kier molecular flexibility index (Phi) is 5.52. The summed E-state index contributed by atoms with van der Waals surface area (Å²) in [5.74, 6) is -1.46. The summed E-state index contributed by atoms with van der Waals surface area (Å²) in [6.45, 7) is 1.17. The van der Waals surface area contributed by atoms with E-state index in [1.165, 1.54) is 24.3 Å². The van der Waals surface area contributed by atoms with Crippen molar-refractivity contribution < 1.29 is 24.1 Å². The van der Waals surface area contributed by atoms with Crippen molar-refractivity contribution in [3.05, 3.63) is 83.3 Å². The Morgan fingerprint density at radius 2 is 1.82 bits per heavy atom. The van der Waals surface area contributed by atoms with E-state index in [1.54, 1.807) is 30.3 Å². The number of nitrogens with zero attached hydrogens (tertiary/aromatic N) is 2. The number of benzene rings is 3. The smallest absolute Gasteiger partial charge is 0.335 e. The summed E-state index contributed by atoms with van der Waals surface area (Å²) in [6.07, 6.45) is 1.51. The molecule has 2 N–H and O–H groups in total. The van der Waals surface area contributed by atoms with Crippen LogP contribution in [0.15, 0.2) is 60.7 Å². The van der Waals surface area contributed by atoms with Gasteiger partial charge in [0.1, 0.15) is 17.6 Å². The molecule has 1 fully saturated rings. The first-order valence-corrected chi connectivity index (χ1v) is 11.0. The number of rotatable bonds is 4. The molecule has 0 amide bonds. The second kappa shape index (κ2) is 8.65. The first kappa shape index (κ1) is 21.7. The molecule has 5 rings (SSSR count). The molecule has 6 nitrogen and oxygen atoms in total. The minimum atomic E-state index is -1.02. The molecular weight excluding hydrogens is 435 g/mol. The SMILES string of the molecule is N#Cc1cc(-c2c(C3CCOCC3)n(-c3ccc(C(=O)O)cc3)c3c(O)cccc23)ccc1F. The fourth-order valence-corrected chi connectivity index (χ4v) is 4.79. The van der Waals surface area contributed by atoms with Crippen molar-refractivity contribution in [3.63, 3.8) is 0 Å². The molecule has 0 spiro atoms. The molecule has 2 heterocycles. The van der Waals surface area contributed by atoms with Gasteiger partial charge >= 0.3 is 5.97 Å². The lowest BCUT2D eigenvalue weighted by molar-refractivity contribution is 0.0696. The van der Waals surface area contributed by atoms with E-state index in [0.717, 1.165) is 29.5 Å². The summed E-state index contributed by atoms with van der Waals surface area (Å²) in [7, 11) is 0. The standard InChI is InChI=1S/C27H21FN2O4/c28-22-9-6-18(14-19(22)15-29)24-21-2-1-3-23(31)26(21)30(25(24)16-10-12-34-13-11-16)20-7-4-17(5-8-20)27(32)33/h1-9,14,16,31H,10-13H2,(H,32,33).